The van der Waals surface area contributed by atoms with Crippen LogP contribution in [-0.2, 0) is 0 Å². The van der Waals surface area contributed by atoms with E-state index in [1.54, 1.807) is 0 Å². The van der Waals surface area contributed by atoms with E-state index in [1.807, 2.05) is 0 Å². The molecule has 19 heteroatoms. The Morgan fingerprint density at radius 3 is 0.355 bits per heavy atom. The molecule has 0 radical (unpaired) electrons. The Balaban J connectivity index is -0.0000000356. The second-order valence-corrected chi connectivity index (χ2v) is 36.4. The smallest absolute Gasteiger partial charge is 1.00 e. The third-order valence-corrected chi connectivity index (χ3v) is 31.2. The van der Waals surface area contributed by atoms with E-state index in [2.05, 4.69) is 106 Å². The van der Waals surface area contributed by atoms with E-state index in [1.165, 1.54) is 62.4 Å². The molecule has 0 spiro atoms. The van der Waals surface area contributed by atoms with E-state index in [0.717, 1.165) is 0 Å². The summed E-state index contributed by atoms with van der Waals surface area (Å²) < 4.78 is 19.8. The van der Waals surface area contributed by atoms with Crippen molar-refractivity contribution in [3.05, 3.63) is 0 Å². The third kappa shape index (κ3) is 139. The van der Waals surface area contributed by atoms with Crippen LogP contribution in [0.2, 0.25) is 78.6 Å². The van der Waals surface area contributed by atoms with Crippen LogP contribution in [0.3, 0.4) is 0 Å². The molecule has 194 valence electrons. The molecule has 0 aromatic rings. The first-order valence-electron chi connectivity index (χ1n) is 11.7. The molecule has 0 atom stereocenters. The number of hydrogen-bond acceptors (Lipinski definition) is 6. The van der Waals surface area contributed by atoms with Crippen molar-refractivity contribution in [3.8, 4) is 0 Å². The van der Waals surface area contributed by atoms with Gasteiger partial charge in [-0.25, -0.2) is 0 Å². The number of hydrogen-bond donors (Lipinski definition) is 6. The van der Waals surface area contributed by atoms with Crippen molar-refractivity contribution in [2.24, 2.45) is 0 Å². The van der Waals surface area contributed by atoms with Crippen molar-refractivity contribution in [2.75, 3.05) is 0 Å². The summed E-state index contributed by atoms with van der Waals surface area (Å²) in [6.45, 7) is 27.4. The van der Waals surface area contributed by atoms with Crippen LogP contribution in [-0.4, -0.2) is 116 Å². The molecule has 0 saturated heterocycles. The van der Waals surface area contributed by atoms with Crippen molar-refractivity contribution < 1.29 is 31.0 Å². The average molecular weight is 656 g/mol. The van der Waals surface area contributed by atoms with Crippen LogP contribution in [0.4, 0.5) is 0 Å². The van der Waals surface area contributed by atoms with E-state index >= 15 is 0 Å². The standard InChI is InChI=1S/6C2H11NSi2.Na.H/c6*1-5(2)3-4;;/h6*3,5H,1-2,4H3;;/q;;;;;;+1;-1. The Hall–Kier alpha value is 3.36. The second-order valence-electron chi connectivity index (χ2n) is 8.66. The molecule has 0 aromatic carbocycles. The van der Waals surface area contributed by atoms with E-state index in [9.17, 15) is 0 Å². The molecule has 31 heavy (non-hydrogen) atoms. The van der Waals surface area contributed by atoms with Gasteiger partial charge in [0.25, 0.3) is 0 Å². The number of nitrogens with one attached hydrogen (secondary N) is 6. The first-order valence-corrected chi connectivity index (χ1v) is 35.0. The van der Waals surface area contributed by atoms with Gasteiger partial charge in [0.1, 0.15) is 0 Å². The molecule has 0 heterocycles. The van der Waals surface area contributed by atoms with Gasteiger partial charge in [0.05, 0.1) is 116 Å². The maximum atomic E-state index is 3.31. The normalized spacial score (nSPS) is 9.87. The molecule has 0 unspecified atom stereocenters. The monoisotopic (exact) mass is 654 g/mol. The minimum Gasteiger partial charge on any atom is -1.00 e. The van der Waals surface area contributed by atoms with Gasteiger partial charge >= 0.3 is 29.6 Å². The van der Waals surface area contributed by atoms with E-state index in [-0.39, 0.29) is 84.7 Å². The van der Waals surface area contributed by atoms with Crippen molar-refractivity contribution >= 4 is 116 Å². The first-order chi connectivity index (χ1) is 13.6. The zero-order valence-electron chi connectivity index (χ0n) is 26.5. The fourth-order valence-corrected chi connectivity index (χ4v) is 0. The Morgan fingerprint density at radius 1 is 0.323 bits per heavy atom. The number of rotatable bonds is 6. The SMILES string of the molecule is C[SiH](C)N[SiH3].C[SiH](C)N[SiH3].C[SiH](C)N[SiH3].C[SiH](C)N[SiH3].C[SiH](C)N[SiH3].C[SiH](C)N[SiH3].[H-].[Na+]. The quantitative estimate of drug-likeness (QED) is 0.160. The van der Waals surface area contributed by atoms with Crippen LogP contribution >= 0.6 is 0 Å². The topological polar surface area (TPSA) is 72.2 Å². The van der Waals surface area contributed by atoms with Crippen molar-refractivity contribution in [2.45, 2.75) is 78.6 Å². The summed E-state index contributed by atoms with van der Waals surface area (Å²) in [5, 5.41) is 0. The molecular weight excluding hydrogens is 588 g/mol. The van der Waals surface area contributed by atoms with Crippen LogP contribution in [0.5, 0.6) is 0 Å². The molecule has 0 aliphatic carbocycles. The Kier molecular flexibility index (Phi) is 76.9. The molecule has 6 nitrogen and oxygen atoms in total. The Labute approximate surface area is 251 Å². The van der Waals surface area contributed by atoms with Gasteiger partial charge in [-0.05, 0) is 0 Å². The third-order valence-electron chi connectivity index (χ3n) is 3.46. The molecule has 0 aliphatic rings. The van der Waals surface area contributed by atoms with Gasteiger partial charge in [0.15, 0.2) is 0 Å². The fourth-order valence-electron chi connectivity index (χ4n) is 0. The van der Waals surface area contributed by atoms with E-state index < -0.39 is 0 Å². The van der Waals surface area contributed by atoms with Gasteiger partial charge in [-0.2, -0.15) is 0 Å². The summed E-state index contributed by atoms with van der Waals surface area (Å²) in [6.07, 6.45) is 0. The Bertz CT molecular complexity index is 204. The molecule has 0 aromatic heterocycles. The van der Waals surface area contributed by atoms with Crippen molar-refractivity contribution in [1.29, 1.82) is 0 Å². The van der Waals surface area contributed by atoms with Gasteiger partial charge in [0.2, 0.25) is 0 Å². The molecule has 0 saturated carbocycles. The maximum Gasteiger partial charge on any atom is 1.00 e. The van der Waals surface area contributed by atoms with Crippen molar-refractivity contribution in [1.82, 2.24) is 27.9 Å². The predicted octanol–water partition coefficient (Wildman–Crippen LogP) is -9.84. The van der Waals surface area contributed by atoms with Gasteiger partial charge in [-0.3, -0.25) is 0 Å². The molecule has 0 aliphatic heterocycles. The van der Waals surface area contributed by atoms with Gasteiger partial charge < -0.3 is 29.3 Å². The fraction of sp³-hybridized carbons (Fsp3) is 1.00. The van der Waals surface area contributed by atoms with Crippen LogP contribution in [0.25, 0.3) is 0 Å². The van der Waals surface area contributed by atoms with Gasteiger partial charge in [0, 0.05) is 0 Å². The summed E-state index contributed by atoms with van der Waals surface area (Å²) in [7, 11) is 5.08. The molecule has 0 rings (SSSR count). The summed E-state index contributed by atoms with van der Waals surface area (Å²) in [5.74, 6) is 0. The van der Waals surface area contributed by atoms with E-state index in [0.29, 0.717) is 0 Å². The van der Waals surface area contributed by atoms with Crippen LogP contribution < -0.4 is 57.4 Å². The second kappa shape index (κ2) is 46.7. The van der Waals surface area contributed by atoms with Gasteiger partial charge in [-0.1, -0.05) is 78.6 Å². The Morgan fingerprint density at radius 2 is 0.355 bits per heavy atom. The van der Waals surface area contributed by atoms with Crippen LogP contribution in [0, 0.1) is 0 Å². The summed E-state index contributed by atoms with van der Waals surface area (Å²) in [5.41, 5.74) is 0. The van der Waals surface area contributed by atoms with Crippen LogP contribution in [0.15, 0.2) is 0 Å². The maximum absolute atomic E-state index is 3.31. The zero-order chi connectivity index (χ0) is 25.7. The van der Waals surface area contributed by atoms with Crippen molar-refractivity contribution in [3.63, 3.8) is 0 Å². The molecule has 0 fully saturated rings. The summed E-state index contributed by atoms with van der Waals surface area (Å²) in [4.78, 5) is 0. The molecule has 6 N–H and O–H groups in total. The zero-order valence-corrected chi connectivity index (χ0v) is 46.4. The summed E-state index contributed by atoms with van der Waals surface area (Å²) >= 11 is 0. The minimum absolute atomic E-state index is 0. The molecular formula is C12H67N6NaSi12. The molecule has 0 bridgehead atoms. The predicted molar refractivity (Wildman–Crippen MR) is 193 cm³/mol. The molecule has 0 amide bonds. The average Bonchev–Trinajstić information content (AvgIpc) is 2.69. The summed E-state index contributed by atoms with van der Waals surface area (Å²) in [6, 6.07) is 0. The first kappa shape index (κ1) is 51.1. The minimum atomic E-state index is -0.338. The van der Waals surface area contributed by atoms with Crippen LogP contribution in [0.1, 0.15) is 1.43 Å². The van der Waals surface area contributed by atoms with E-state index in [4.69, 9.17) is 0 Å². The van der Waals surface area contributed by atoms with Gasteiger partial charge in [-0.15, -0.1) is 0 Å². The largest absolute Gasteiger partial charge is 1.00 e.